The van der Waals surface area contributed by atoms with Gasteiger partial charge in [0.05, 0.1) is 6.54 Å². The zero-order valence-corrected chi connectivity index (χ0v) is 14.3. The molecule has 0 radical (unpaired) electrons. The number of piperidine rings is 1. The molecule has 7 nitrogen and oxygen atoms in total. The highest BCUT2D eigenvalue weighted by molar-refractivity contribution is 7.06. The predicted molar refractivity (Wildman–Crippen MR) is 92.0 cm³/mol. The number of carbonyl (C=O) groups is 2. The first kappa shape index (κ1) is 16.5. The number of quaternary nitrogens is 1. The lowest BCUT2D eigenvalue weighted by Crippen LogP contribution is -2.66. The van der Waals surface area contributed by atoms with Crippen molar-refractivity contribution >= 4 is 29.0 Å². The van der Waals surface area contributed by atoms with E-state index in [1.807, 2.05) is 30.3 Å². The van der Waals surface area contributed by atoms with E-state index in [4.69, 9.17) is 5.73 Å². The predicted octanol–water partition coefficient (Wildman–Crippen LogP) is 1.55. The minimum absolute atomic E-state index is 0.145. The SMILES string of the molecule is Cn1ncsc1=NC(=O)[N+]1(c2ccccc2)CCCCC1C(N)=O. The molecule has 1 aromatic heterocycles. The molecule has 0 saturated carbocycles. The summed E-state index contributed by atoms with van der Waals surface area (Å²) in [5.41, 5.74) is 8.04. The van der Waals surface area contributed by atoms with E-state index in [0.717, 1.165) is 18.5 Å². The van der Waals surface area contributed by atoms with E-state index in [1.165, 1.54) is 11.3 Å². The maximum absolute atomic E-state index is 13.2. The van der Waals surface area contributed by atoms with Gasteiger partial charge >= 0.3 is 6.03 Å². The van der Waals surface area contributed by atoms with E-state index < -0.39 is 11.9 Å². The highest BCUT2D eigenvalue weighted by Crippen LogP contribution is 2.34. The lowest BCUT2D eigenvalue weighted by molar-refractivity contribution is -0.122. The average Bonchev–Trinajstić information content (AvgIpc) is 3.00. The summed E-state index contributed by atoms with van der Waals surface area (Å²) in [6.45, 7) is 0.516. The minimum atomic E-state index is -0.601. The van der Waals surface area contributed by atoms with E-state index >= 15 is 0 Å². The van der Waals surface area contributed by atoms with Gasteiger partial charge in [0.25, 0.3) is 5.91 Å². The zero-order chi connectivity index (χ0) is 17.2. The second kappa shape index (κ2) is 6.66. The lowest BCUT2D eigenvalue weighted by Gasteiger charge is -2.41. The number of aryl methyl sites for hydroxylation is 1. The largest absolute Gasteiger partial charge is 0.451 e. The Hall–Kier alpha value is -2.32. The number of amides is 3. The number of rotatable bonds is 2. The molecule has 0 bridgehead atoms. The fourth-order valence-electron chi connectivity index (χ4n) is 3.31. The van der Waals surface area contributed by atoms with Crippen molar-refractivity contribution in [2.24, 2.45) is 17.8 Å². The molecule has 2 aromatic rings. The van der Waals surface area contributed by atoms with E-state index in [2.05, 4.69) is 10.1 Å². The van der Waals surface area contributed by atoms with Gasteiger partial charge in [0.2, 0.25) is 4.80 Å². The molecule has 2 N–H and O–H groups in total. The van der Waals surface area contributed by atoms with E-state index in [1.54, 1.807) is 17.2 Å². The number of hydrogen-bond acceptors (Lipinski definition) is 4. The number of benzene rings is 1. The van der Waals surface area contributed by atoms with Gasteiger partial charge in [-0.05, 0) is 25.0 Å². The fourth-order valence-corrected chi connectivity index (χ4v) is 3.93. The lowest BCUT2D eigenvalue weighted by atomic mass is 9.96. The third-order valence-electron chi connectivity index (χ3n) is 4.50. The summed E-state index contributed by atoms with van der Waals surface area (Å²) >= 11 is 1.28. The van der Waals surface area contributed by atoms with Gasteiger partial charge in [0, 0.05) is 13.5 Å². The fraction of sp³-hybridized carbons (Fsp3) is 0.375. The molecule has 2 unspecified atom stereocenters. The van der Waals surface area contributed by atoms with Crippen molar-refractivity contribution < 1.29 is 9.59 Å². The summed E-state index contributed by atoms with van der Waals surface area (Å²) in [5.74, 6) is -0.462. The number of primary amides is 1. The summed E-state index contributed by atoms with van der Waals surface area (Å²) in [7, 11) is 1.73. The number of nitrogens with zero attached hydrogens (tertiary/aromatic N) is 4. The van der Waals surface area contributed by atoms with Gasteiger partial charge in [0.15, 0.2) is 6.04 Å². The molecule has 8 heteroatoms. The number of hydrogen-bond donors (Lipinski definition) is 1. The van der Waals surface area contributed by atoms with Gasteiger partial charge in [-0.15, -0.1) is 4.99 Å². The molecule has 1 aliphatic rings. The molecule has 1 aromatic carbocycles. The molecule has 2 heterocycles. The van der Waals surface area contributed by atoms with Crippen molar-refractivity contribution in [2.75, 3.05) is 6.54 Å². The third-order valence-corrected chi connectivity index (χ3v) is 5.27. The number of aromatic nitrogens is 2. The zero-order valence-electron chi connectivity index (χ0n) is 13.5. The first-order valence-corrected chi connectivity index (χ1v) is 8.72. The number of carbonyl (C=O) groups excluding carboxylic acids is 2. The van der Waals surface area contributed by atoms with Gasteiger partial charge in [-0.25, -0.2) is 9.48 Å². The maximum Gasteiger partial charge on any atom is 0.451 e. The summed E-state index contributed by atoms with van der Waals surface area (Å²) in [6.07, 6.45) is 2.30. The highest BCUT2D eigenvalue weighted by atomic mass is 32.1. The van der Waals surface area contributed by atoms with Crippen molar-refractivity contribution in [3.63, 3.8) is 0 Å². The van der Waals surface area contributed by atoms with Crippen LogP contribution >= 0.6 is 11.3 Å². The maximum atomic E-state index is 13.2. The Kier molecular flexibility index (Phi) is 4.59. The molecular formula is C16H20N5O2S+. The van der Waals surface area contributed by atoms with Crippen LogP contribution in [-0.4, -0.2) is 34.3 Å². The third kappa shape index (κ3) is 2.78. The monoisotopic (exact) mass is 346 g/mol. The minimum Gasteiger partial charge on any atom is -0.364 e. The highest BCUT2D eigenvalue weighted by Gasteiger charge is 2.51. The first-order valence-electron chi connectivity index (χ1n) is 7.84. The molecule has 1 saturated heterocycles. The molecule has 1 aliphatic heterocycles. The van der Waals surface area contributed by atoms with Crippen molar-refractivity contribution in [1.82, 2.24) is 14.3 Å². The average molecular weight is 346 g/mol. The van der Waals surface area contributed by atoms with E-state index in [9.17, 15) is 9.59 Å². The van der Waals surface area contributed by atoms with Crippen LogP contribution < -0.4 is 15.0 Å². The van der Waals surface area contributed by atoms with Crippen molar-refractivity contribution in [1.29, 1.82) is 0 Å². The summed E-state index contributed by atoms with van der Waals surface area (Å²) in [4.78, 5) is 30.1. The molecule has 24 heavy (non-hydrogen) atoms. The van der Waals surface area contributed by atoms with Crippen LogP contribution in [-0.2, 0) is 11.8 Å². The molecule has 3 rings (SSSR count). The smallest absolute Gasteiger partial charge is 0.364 e. The number of likely N-dealkylation sites (tertiary alicyclic amines) is 1. The molecule has 0 aliphatic carbocycles. The number of para-hydroxylation sites is 1. The van der Waals surface area contributed by atoms with Gasteiger partial charge < -0.3 is 5.73 Å². The Morgan fingerprint density at radius 3 is 2.71 bits per heavy atom. The molecule has 3 amide bonds. The Bertz CT molecular complexity index is 813. The topological polar surface area (TPSA) is 90.3 Å². The van der Waals surface area contributed by atoms with Crippen LogP contribution in [0, 0.1) is 0 Å². The Balaban J connectivity index is 2.17. The summed E-state index contributed by atoms with van der Waals surface area (Å²) in [5, 5.41) is 4.06. The number of urea groups is 1. The van der Waals surface area contributed by atoms with Crippen LogP contribution in [0.15, 0.2) is 40.8 Å². The van der Waals surface area contributed by atoms with E-state index in [-0.39, 0.29) is 10.5 Å². The molecule has 1 fully saturated rings. The molecule has 2 atom stereocenters. The summed E-state index contributed by atoms with van der Waals surface area (Å²) < 4.78 is 1.40. The van der Waals surface area contributed by atoms with Gasteiger partial charge in [-0.3, -0.25) is 4.79 Å². The van der Waals surface area contributed by atoms with Crippen LogP contribution in [0.1, 0.15) is 19.3 Å². The van der Waals surface area contributed by atoms with Crippen molar-refractivity contribution in [3.8, 4) is 0 Å². The van der Waals surface area contributed by atoms with Crippen molar-refractivity contribution in [2.45, 2.75) is 25.3 Å². The second-order valence-corrected chi connectivity index (χ2v) is 6.69. The van der Waals surface area contributed by atoms with Crippen molar-refractivity contribution in [3.05, 3.63) is 40.6 Å². The second-order valence-electron chi connectivity index (χ2n) is 5.88. The van der Waals surface area contributed by atoms with Gasteiger partial charge in [-0.1, -0.05) is 29.5 Å². The van der Waals surface area contributed by atoms with Crippen LogP contribution in [0.4, 0.5) is 10.5 Å². The molecule has 0 spiro atoms. The Morgan fingerprint density at radius 1 is 1.33 bits per heavy atom. The van der Waals surface area contributed by atoms with Crippen LogP contribution in [0.3, 0.4) is 0 Å². The summed E-state index contributed by atoms with van der Waals surface area (Å²) in [6, 6.07) is 8.36. The van der Waals surface area contributed by atoms with Crippen LogP contribution in [0.5, 0.6) is 0 Å². The van der Waals surface area contributed by atoms with Crippen LogP contribution in [0.25, 0.3) is 0 Å². The quantitative estimate of drug-likeness (QED) is 0.837. The Morgan fingerprint density at radius 2 is 2.08 bits per heavy atom. The molecular weight excluding hydrogens is 326 g/mol. The standard InChI is InChI=1S/C16H19N5O2S/c1-20-15(24-11-18-20)19-16(23)21(12-7-3-2-4-8-12)10-6-5-9-13(21)14(17)22/h2-4,7-8,11,13H,5-6,9-10H2,1H3,(H-,17,22)/p+1. The first-order chi connectivity index (χ1) is 11.6. The number of nitrogens with two attached hydrogens (primary N) is 1. The molecule has 126 valence electrons. The normalized spacial score (nSPS) is 24.7. The van der Waals surface area contributed by atoms with Gasteiger partial charge in [-0.2, -0.15) is 9.58 Å². The van der Waals surface area contributed by atoms with E-state index in [0.29, 0.717) is 17.8 Å². The Labute approximate surface area is 143 Å². The van der Waals surface area contributed by atoms with Gasteiger partial charge in [0.1, 0.15) is 11.2 Å². The van der Waals surface area contributed by atoms with Crippen LogP contribution in [0.2, 0.25) is 0 Å².